The average molecular weight is 411 g/mol. The molecular weight excluding hydrogens is 398 g/mol. The molecule has 1 unspecified atom stereocenters. The van der Waals surface area contributed by atoms with E-state index >= 15 is 0 Å². The Bertz CT molecular complexity index is 1330. The molecule has 2 aromatic heterocycles. The number of benzene rings is 2. The van der Waals surface area contributed by atoms with Crippen molar-refractivity contribution < 1.29 is 9.13 Å². The van der Waals surface area contributed by atoms with Gasteiger partial charge in [-0.05, 0) is 12.1 Å². The van der Waals surface area contributed by atoms with E-state index < -0.39 is 15.7 Å². The Morgan fingerprint density at radius 2 is 1.96 bits per heavy atom. The number of nitro benzene ring substituents is 1. The van der Waals surface area contributed by atoms with Crippen LogP contribution in [0.25, 0.3) is 21.8 Å². The van der Waals surface area contributed by atoms with Crippen molar-refractivity contribution >= 4 is 50.1 Å². The van der Waals surface area contributed by atoms with E-state index in [0.29, 0.717) is 20.2 Å². The van der Waals surface area contributed by atoms with Crippen molar-refractivity contribution in [1.82, 2.24) is 9.97 Å². The minimum Gasteiger partial charge on any atom is -0.360 e. The number of non-ortho nitro benzene ring substituents is 1. The second kappa shape index (κ2) is 7.17. The number of fused-ring (bicyclic) bond motifs is 2. The molecule has 4 aromatic rings. The molecule has 0 saturated carbocycles. The van der Waals surface area contributed by atoms with Gasteiger partial charge in [-0.1, -0.05) is 30.0 Å². The number of aromatic amines is 1. The Morgan fingerprint density at radius 3 is 2.71 bits per heavy atom. The van der Waals surface area contributed by atoms with E-state index in [-0.39, 0.29) is 16.5 Å². The van der Waals surface area contributed by atoms with Crippen LogP contribution in [0.15, 0.2) is 74.3 Å². The standard InChI is InChI=1S/C19H13N3O4S2/c1-28(26)17-10-21-14-5-3-2-4-12(14)19(17)27-16-9-20-15-7-6-11(22(24)25)8-13(15)18(16)23/h2-10H,1H3,(H,20,23). The molecule has 2 aromatic carbocycles. The third-order valence-electron chi connectivity index (χ3n) is 4.26. The molecule has 4 rings (SSSR count). The molecule has 28 heavy (non-hydrogen) atoms. The third-order valence-corrected chi connectivity index (χ3v) is 6.48. The molecule has 0 fully saturated rings. The summed E-state index contributed by atoms with van der Waals surface area (Å²) in [6.07, 6.45) is 4.68. The third kappa shape index (κ3) is 3.19. The van der Waals surface area contributed by atoms with Gasteiger partial charge in [0.15, 0.2) is 0 Å². The zero-order valence-corrected chi connectivity index (χ0v) is 16.2. The van der Waals surface area contributed by atoms with Gasteiger partial charge in [0, 0.05) is 46.6 Å². The number of H-pyrrole nitrogens is 1. The van der Waals surface area contributed by atoms with Crippen molar-refractivity contribution in [2.45, 2.75) is 14.7 Å². The summed E-state index contributed by atoms with van der Waals surface area (Å²) in [5.74, 6) is 0. The number of nitro groups is 1. The predicted octanol–water partition coefficient (Wildman–Crippen LogP) is 3.87. The lowest BCUT2D eigenvalue weighted by Gasteiger charge is -2.10. The second-order valence-corrected chi connectivity index (χ2v) is 8.39. The van der Waals surface area contributed by atoms with Crippen molar-refractivity contribution in [2.24, 2.45) is 0 Å². The lowest BCUT2D eigenvalue weighted by molar-refractivity contribution is -0.384. The van der Waals surface area contributed by atoms with Crippen molar-refractivity contribution in [3.8, 4) is 0 Å². The molecule has 0 bridgehead atoms. The lowest BCUT2D eigenvalue weighted by atomic mass is 10.2. The first kappa shape index (κ1) is 18.3. The molecule has 0 aliphatic rings. The summed E-state index contributed by atoms with van der Waals surface area (Å²) in [6, 6.07) is 11.5. The average Bonchev–Trinajstić information content (AvgIpc) is 2.69. The molecule has 0 radical (unpaired) electrons. The predicted molar refractivity (Wildman–Crippen MR) is 109 cm³/mol. The van der Waals surface area contributed by atoms with Gasteiger partial charge in [0.05, 0.1) is 36.4 Å². The van der Waals surface area contributed by atoms with Crippen molar-refractivity contribution in [2.75, 3.05) is 6.26 Å². The van der Waals surface area contributed by atoms with E-state index in [9.17, 15) is 19.1 Å². The summed E-state index contributed by atoms with van der Waals surface area (Å²) in [5, 5.41) is 12.1. The Labute approximate surface area is 165 Å². The van der Waals surface area contributed by atoms with Crippen LogP contribution in [-0.4, -0.2) is 25.4 Å². The molecule has 0 spiro atoms. The van der Waals surface area contributed by atoms with Gasteiger partial charge in [-0.25, -0.2) is 0 Å². The van der Waals surface area contributed by atoms with Crippen molar-refractivity contribution in [3.05, 3.63) is 75.2 Å². The number of rotatable bonds is 4. The molecule has 0 aliphatic carbocycles. The van der Waals surface area contributed by atoms with E-state index in [1.54, 1.807) is 18.6 Å². The van der Waals surface area contributed by atoms with Gasteiger partial charge in [-0.3, -0.25) is 24.1 Å². The van der Waals surface area contributed by atoms with Crippen LogP contribution in [-0.2, 0) is 10.8 Å². The molecule has 7 nitrogen and oxygen atoms in total. The quantitative estimate of drug-likeness (QED) is 0.404. The molecule has 9 heteroatoms. The molecule has 140 valence electrons. The number of para-hydroxylation sites is 1. The van der Waals surface area contributed by atoms with Crippen molar-refractivity contribution in [3.63, 3.8) is 0 Å². The summed E-state index contributed by atoms with van der Waals surface area (Å²) in [6.45, 7) is 0. The van der Waals surface area contributed by atoms with E-state index in [4.69, 9.17) is 0 Å². The molecule has 1 atom stereocenters. The topological polar surface area (TPSA) is 106 Å². The monoisotopic (exact) mass is 411 g/mol. The summed E-state index contributed by atoms with van der Waals surface area (Å²) in [7, 11) is -1.30. The summed E-state index contributed by atoms with van der Waals surface area (Å²) < 4.78 is 12.2. The maximum absolute atomic E-state index is 13.0. The van der Waals surface area contributed by atoms with Gasteiger partial charge >= 0.3 is 0 Å². The minimum atomic E-state index is -1.30. The van der Waals surface area contributed by atoms with Gasteiger partial charge in [0.1, 0.15) is 0 Å². The molecule has 2 heterocycles. The smallest absolute Gasteiger partial charge is 0.270 e. The van der Waals surface area contributed by atoms with Gasteiger partial charge in [0.25, 0.3) is 5.69 Å². The lowest BCUT2D eigenvalue weighted by Crippen LogP contribution is -2.06. The number of pyridine rings is 2. The highest BCUT2D eigenvalue weighted by atomic mass is 32.2. The Kier molecular flexibility index (Phi) is 4.70. The largest absolute Gasteiger partial charge is 0.360 e. The van der Waals surface area contributed by atoms with Gasteiger partial charge in [-0.2, -0.15) is 0 Å². The SMILES string of the molecule is CS(=O)c1cnc2ccccc2c1Sc1c[nH]c2ccc([N+](=O)[O-])cc2c1=O. The second-order valence-electron chi connectivity index (χ2n) is 5.99. The fraction of sp³-hybridized carbons (Fsp3) is 0.0526. The molecule has 1 N–H and O–H groups in total. The number of nitrogens with one attached hydrogen (secondary N) is 1. The van der Waals surface area contributed by atoms with Crippen LogP contribution < -0.4 is 5.43 Å². The molecule has 0 amide bonds. The van der Waals surface area contributed by atoms with Crippen LogP contribution >= 0.6 is 11.8 Å². The highest BCUT2D eigenvalue weighted by Gasteiger charge is 2.17. The first-order chi connectivity index (χ1) is 13.5. The molecule has 0 saturated heterocycles. The van der Waals surface area contributed by atoms with E-state index in [1.165, 1.54) is 30.0 Å². The Hall–Kier alpha value is -3.04. The minimum absolute atomic E-state index is 0.148. The van der Waals surface area contributed by atoms with E-state index in [2.05, 4.69) is 9.97 Å². The van der Waals surface area contributed by atoms with Crippen LogP contribution in [0, 0.1) is 10.1 Å². The molecular formula is C19H13N3O4S2. The number of aromatic nitrogens is 2. The first-order valence-electron chi connectivity index (χ1n) is 8.14. The molecule has 0 aliphatic heterocycles. The summed E-state index contributed by atoms with van der Waals surface area (Å²) in [4.78, 5) is 32.4. The van der Waals surface area contributed by atoms with Crippen LogP contribution in [0.4, 0.5) is 5.69 Å². The summed E-state index contributed by atoms with van der Waals surface area (Å²) >= 11 is 1.18. The fourth-order valence-corrected chi connectivity index (χ4v) is 4.92. The highest BCUT2D eigenvalue weighted by molar-refractivity contribution is 8.00. The highest BCUT2D eigenvalue weighted by Crippen LogP contribution is 2.36. The normalized spacial score (nSPS) is 12.3. The first-order valence-corrected chi connectivity index (χ1v) is 10.5. The van der Waals surface area contributed by atoms with Crippen LogP contribution in [0.5, 0.6) is 0 Å². The van der Waals surface area contributed by atoms with Crippen LogP contribution in [0.3, 0.4) is 0 Å². The maximum Gasteiger partial charge on any atom is 0.270 e. The van der Waals surface area contributed by atoms with Crippen LogP contribution in [0.2, 0.25) is 0 Å². The zero-order chi connectivity index (χ0) is 19.8. The zero-order valence-electron chi connectivity index (χ0n) is 14.5. The van der Waals surface area contributed by atoms with Gasteiger partial charge in [-0.15, -0.1) is 0 Å². The number of nitrogens with zero attached hydrogens (tertiary/aromatic N) is 2. The van der Waals surface area contributed by atoms with Crippen molar-refractivity contribution in [1.29, 1.82) is 0 Å². The Balaban J connectivity index is 1.92. The Morgan fingerprint density at radius 1 is 1.18 bits per heavy atom. The summed E-state index contributed by atoms with van der Waals surface area (Å²) in [5.41, 5.74) is 0.770. The number of hydrogen-bond donors (Lipinski definition) is 1. The van der Waals surface area contributed by atoms with Gasteiger partial charge in [0.2, 0.25) is 5.43 Å². The van der Waals surface area contributed by atoms with Gasteiger partial charge < -0.3 is 4.98 Å². The van der Waals surface area contributed by atoms with Crippen LogP contribution in [0.1, 0.15) is 0 Å². The van der Waals surface area contributed by atoms with E-state index in [1.807, 2.05) is 24.3 Å². The maximum atomic E-state index is 13.0. The van der Waals surface area contributed by atoms with E-state index in [0.717, 1.165) is 10.9 Å². The fourth-order valence-electron chi connectivity index (χ4n) is 2.89. The number of hydrogen-bond acceptors (Lipinski definition) is 6.